The van der Waals surface area contributed by atoms with Crippen LogP contribution in [0.3, 0.4) is 0 Å². The third kappa shape index (κ3) is 3.93. The molecule has 1 amide bonds. The molecule has 0 radical (unpaired) electrons. The topological polar surface area (TPSA) is 43.1 Å². The van der Waals surface area contributed by atoms with E-state index in [1.807, 2.05) is 12.1 Å². The molecular weight excluding hydrogens is 694 g/mol. The second-order valence-electron chi connectivity index (χ2n) is 3.83. The lowest BCUT2D eigenvalue weighted by molar-refractivity contribution is 0.1000. The Hall–Kier alpha value is 0.830. The zero-order chi connectivity index (χ0) is 14.2. The van der Waals surface area contributed by atoms with Gasteiger partial charge in [-0.05, 0) is 132 Å². The first-order valence-electron chi connectivity index (χ1n) is 5.14. The number of primary amides is 1. The molecule has 2 rings (SSSR count). The Morgan fingerprint density at radius 2 is 1.37 bits per heavy atom. The molecule has 2 aromatic carbocycles. The standard InChI is InChI=1S/C13H7I4NO/c14-7-1-6(2-8(15)3-7)10-4-9(16)5-11(17)12(10)13(18)19/h1-5H,(H2,18,19). The molecule has 2 aromatic rings. The Kier molecular flexibility index (Phi) is 5.74. The van der Waals surface area contributed by atoms with E-state index in [-0.39, 0.29) is 5.91 Å². The minimum Gasteiger partial charge on any atom is -0.366 e. The average molecular weight is 701 g/mol. The molecule has 2 N–H and O–H groups in total. The van der Waals surface area contributed by atoms with Gasteiger partial charge in [0.15, 0.2) is 0 Å². The van der Waals surface area contributed by atoms with Gasteiger partial charge in [0.05, 0.1) is 5.56 Å². The van der Waals surface area contributed by atoms with Crippen LogP contribution in [0.2, 0.25) is 0 Å². The molecule has 0 atom stereocenters. The van der Waals surface area contributed by atoms with E-state index < -0.39 is 0 Å². The van der Waals surface area contributed by atoms with E-state index in [4.69, 9.17) is 5.73 Å². The molecule has 0 saturated carbocycles. The molecule has 0 aliphatic heterocycles. The number of nitrogens with two attached hydrogens (primary N) is 1. The number of benzene rings is 2. The van der Waals surface area contributed by atoms with E-state index in [1.165, 1.54) is 0 Å². The van der Waals surface area contributed by atoms with Gasteiger partial charge in [0.1, 0.15) is 0 Å². The Morgan fingerprint density at radius 3 is 1.89 bits per heavy atom. The SMILES string of the molecule is NC(=O)c1c(I)cc(I)cc1-c1cc(I)cc(I)c1. The second kappa shape index (κ2) is 6.73. The van der Waals surface area contributed by atoms with Gasteiger partial charge in [-0.3, -0.25) is 4.79 Å². The Bertz CT molecular complexity index is 650. The first-order valence-corrected chi connectivity index (χ1v) is 9.45. The van der Waals surface area contributed by atoms with Crippen molar-refractivity contribution in [3.63, 3.8) is 0 Å². The molecule has 0 aliphatic rings. The van der Waals surface area contributed by atoms with Crippen LogP contribution >= 0.6 is 90.4 Å². The number of halogens is 4. The molecule has 0 unspecified atom stereocenters. The van der Waals surface area contributed by atoms with Gasteiger partial charge in [-0.15, -0.1) is 0 Å². The number of amides is 1. The van der Waals surface area contributed by atoms with E-state index in [1.54, 1.807) is 0 Å². The van der Waals surface area contributed by atoms with Gasteiger partial charge < -0.3 is 5.73 Å². The molecule has 0 bridgehead atoms. The van der Waals surface area contributed by atoms with Crippen LogP contribution in [0.1, 0.15) is 10.4 Å². The van der Waals surface area contributed by atoms with E-state index in [0.717, 1.165) is 25.4 Å². The summed E-state index contributed by atoms with van der Waals surface area (Å²) in [5, 5.41) is 0. The molecule has 6 heteroatoms. The number of carbonyl (C=O) groups is 1. The minimum absolute atomic E-state index is 0.385. The number of carbonyl (C=O) groups excluding carboxylic acids is 1. The number of rotatable bonds is 2. The predicted molar refractivity (Wildman–Crippen MR) is 111 cm³/mol. The second-order valence-corrected chi connectivity index (χ2v) is 8.73. The third-order valence-corrected chi connectivity index (χ3v) is 5.19. The van der Waals surface area contributed by atoms with Crippen LogP contribution in [0.15, 0.2) is 30.3 Å². The van der Waals surface area contributed by atoms with E-state index in [0.29, 0.717) is 5.56 Å². The lowest BCUT2D eigenvalue weighted by Crippen LogP contribution is -2.14. The molecule has 98 valence electrons. The Labute approximate surface area is 165 Å². The lowest BCUT2D eigenvalue weighted by Gasteiger charge is -2.11. The fraction of sp³-hybridized carbons (Fsp3) is 0. The summed E-state index contributed by atoms with van der Waals surface area (Å²) in [6, 6.07) is 10.2. The highest BCUT2D eigenvalue weighted by Gasteiger charge is 2.15. The van der Waals surface area contributed by atoms with Crippen molar-refractivity contribution in [2.24, 2.45) is 5.73 Å². The van der Waals surface area contributed by atoms with Gasteiger partial charge in [0.2, 0.25) is 5.91 Å². The largest absolute Gasteiger partial charge is 0.366 e. The fourth-order valence-electron chi connectivity index (χ4n) is 1.76. The molecule has 2 nitrogen and oxygen atoms in total. The Morgan fingerprint density at radius 1 is 0.842 bits per heavy atom. The number of hydrogen-bond donors (Lipinski definition) is 1. The van der Waals surface area contributed by atoms with Crippen molar-refractivity contribution in [2.45, 2.75) is 0 Å². The molecule has 19 heavy (non-hydrogen) atoms. The third-order valence-electron chi connectivity index (χ3n) is 2.47. The summed E-state index contributed by atoms with van der Waals surface area (Å²) in [6.07, 6.45) is 0. The molecule has 0 aromatic heterocycles. The van der Waals surface area contributed by atoms with Gasteiger partial charge in [-0.25, -0.2) is 0 Å². The van der Waals surface area contributed by atoms with Gasteiger partial charge in [0.25, 0.3) is 0 Å². The summed E-state index contributed by atoms with van der Waals surface area (Å²) >= 11 is 8.98. The van der Waals surface area contributed by atoms with E-state index in [9.17, 15) is 4.79 Å². The summed E-state index contributed by atoms with van der Waals surface area (Å²) in [7, 11) is 0. The van der Waals surface area contributed by atoms with Crippen LogP contribution in [-0.2, 0) is 0 Å². The maximum Gasteiger partial charge on any atom is 0.250 e. The van der Waals surface area contributed by atoms with Crippen LogP contribution in [-0.4, -0.2) is 5.91 Å². The smallest absolute Gasteiger partial charge is 0.250 e. The molecule has 0 fully saturated rings. The first-order chi connectivity index (χ1) is 8.88. The predicted octanol–water partition coefficient (Wildman–Crippen LogP) is 4.87. The van der Waals surface area contributed by atoms with Crippen molar-refractivity contribution in [3.05, 3.63) is 50.2 Å². The van der Waals surface area contributed by atoms with E-state index >= 15 is 0 Å². The molecule has 0 aliphatic carbocycles. The quantitative estimate of drug-likeness (QED) is 0.447. The van der Waals surface area contributed by atoms with Gasteiger partial charge in [-0.2, -0.15) is 0 Å². The first kappa shape index (κ1) is 16.2. The maximum absolute atomic E-state index is 11.7. The number of hydrogen-bond acceptors (Lipinski definition) is 1. The van der Waals surface area contributed by atoms with Crippen molar-refractivity contribution in [3.8, 4) is 11.1 Å². The summed E-state index contributed by atoms with van der Waals surface area (Å²) < 4.78 is 4.27. The van der Waals surface area contributed by atoms with Crippen LogP contribution in [0.25, 0.3) is 11.1 Å². The van der Waals surface area contributed by atoms with Crippen molar-refractivity contribution in [2.75, 3.05) is 0 Å². The monoisotopic (exact) mass is 701 g/mol. The zero-order valence-corrected chi connectivity index (χ0v) is 18.0. The maximum atomic E-state index is 11.7. The fourth-order valence-corrected chi connectivity index (χ4v) is 5.81. The highest BCUT2D eigenvalue weighted by molar-refractivity contribution is 14.1. The average Bonchev–Trinajstić information content (AvgIpc) is 2.25. The molecular formula is C13H7I4NO. The van der Waals surface area contributed by atoms with Crippen LogP contribution < -0.4 is 5.73 Å². The van der Waals surface area contributed by atoms with Crippen LogP contribution in [0, 0.1) is 14.3 Å². The van der Waals surface area contributed by atoms with Crippen molar-refractivity contribution in [1.29, 1.82) is 0 Å². The van der Waals surface area contributed by atoms with Crippen LogP contribution in [0.5, 0.6) is 0 Å². The normalized spacial score (nSPS) is 10.5. The summed E-state index contributed by atoms with van der Waals surface area (Å²) in [6.45, 7) is 0. The van der Waals surface area contributed by atoms with Gasteiger partial charge >= 0.3 is 0 Å². The molecule has 0 saturated heterocycles. The van der Waals surface area contributed by atoms with Crippen molar-refractivity contribution >= 4 is 96.3 Å². The van der Waals surface area contributed by atoms with Crippen molar-refractivity contribution in [1.82, 2.24) is 0 Å². The summed E-state index contributed by atoms with van der Waals surface area (Å²) in [4.78, 5) is 11.7. The summed E-state index contributed by atoms with van der Waals surface area (Å²) in [5.74, 6) is -0.385. The highest BCUT2D eigenvalue weighted by atomic mass is 127. The van der Waals surface area contributed by atoms with E-state index in [2.05, 4.69) is 109 Å². The van der Waals surface area contributed by atoms with Gasteiger partial charge in [0, 0.05) is 14.3 Å². The zero-order valence-electron chi connectivity index (χ0n) is 9.38. The van der Waals surface area contributed by atoms with Gasteiger partial charge in [-0.1, -0.05) is 0 Å². The minimum atomic E-state index is -0.385. The lowest BCUT2D eigenvalue weighted by atomic mass is 9.99. The Balaban J connectivity index is 2.77. The molecule has 0 spiro atoms. The van der Waals surface area contributed by atoms with Crippen LogP contribution in [0.4, 0.5) is 0 Å². The highest BCUT2D eigenvalue weighted by Crippen LogP contribution is 2.31. The summed E-state index contributed by atoms with van der Waals surface area (Å²) in [5.41, 5.74) is 8.06. The molecule has 0 heterocycles. The van der Waals surface area contributed by atoms with Crippen molar-refractivity contribution < 1.29 is 4.79 Å².